The molecule has 0 aliphatic carbocycles. The van der Waals surface area contributed by atoms with Gasteiger partial charge in [-0.1, -0.05) is 26.0 Å². The molecule has 0 amide bonds. The van der Waals surface area contributed by atoms with Crippen LogP contribution in [0.5, 0.6) is 5.75 Å². The lowest BCUT2D eigenvalue weighted by Gasteiger charge is -2.13. The molecule has 1 aromatic rings. The van der Waals surface area contributed by atoms with Crippen molar-refractivity contribution in [1.29, 1.82) is 0 Å². The highest BCUT2D eigenvalue weighted by Gasteiger charge is 2.06. The van der Waals surface area contributed by atoms with Gasteiger partial charge in [0, 0.05) is 18.7 Å². The molecular weight excluding hydrogens is 282 g/mol. The van der Waals surface area contributed by atoms with E-state index in [2.05, 4.69) is 29.8 Å². The predicted molar refractivity (Wildman–Crippen MR) is 73.2 cm³/mol. The van der Waals surface area contributed by atoms with Gasteiger partial charge in [-0.15, -0.1) is 0 Å². The van der Waals surface area contributed by atoms with Gasteiger partial charge in [-0.3, -0.25) is 0 Å². The second-order valence-electron chi connectivity index (χ2n) is 4.25. The lowest BCUT2D eigenvalue weighted by molar-refractivity contribution is 0.0814. The van der Waals surface area contributed by atoms with Gasteiger partial charge in [0.25, 0.3) is 0 Å². The first-order valence-electron chi connectivity index (χ1n) is 5.83. The van der Waals surface area contributed by atoms with E-state index in [1.807, 2.05) is 18.2 Å². The maximum absolute atomic E-state index is 5.69. The molecular formula is C13H20BrNO2. The highest BCUT2D eigenvalue weighted by Crippen LogP contribution is 2.28. The van der Waals surface area contributed by atoms with Gasteiger partial charge in [0.05, 0.1) is 11.1 Å². The van der Waals surface area contributed by atoms with Crippen LogP contribution in [0.1, 0.15) is 19.4 Å². The molecule has 0 heterocycles. The van der Waals surface area contributed by atoms with Crippen LogP contribution < -0.4 is 10.5 Å². The van der Waals surface area contributed by atoms with E-state index < -0.39 is 0 Å². The quantitative estimate of drug-likeness (QED) is 0.788. The van der Waals surface area contributed by atoms with Gasteiger partial charge in [-0.25, -0.2) is 0 Å². The highest BCUT2D eigenvalue weighted by molar-refractivity contribution is 9.10. The van der Waals surface area contributed by atoms with Crippen LogP contribution in [-0.4, -0.2) is 19.8 Å². The third-order valence-electron chi connectivity index (χ3n) is 2.19. The molecule has 0 aliphatic rings. The van der Waals surface area contributed by atoms with Gasteiger partial charge >= 0.3 is 0 Å². The van der Waals surface area contributed by atoms with E-state index in [-0.39, 0.29) is 0 Å². The maximum Gasteiger partial charge on any atom is 0.138 e. The molecule has 17 heavy (non-hydrogen) atoms. The molecule has 0 saturated heterocycles. The van der Waals surface area contributed by atoms with Gasteiger partial charge in [0.1, 0.15) is 12.4 Å². The zero-order valence-electron chi connectivity index (χ0n) is 10.4. The zero-order chi connectivity index (χ0) is 12.7. The molecule has 0 bridgehead atoms. The van der Waals surface area contributed by atoms with Crippen molar-refractivity contribution in [3.8, 4) is 5.75 Å². The van der Waals surface area contributed by atoms with Gasteiger partial charge in [-0.2, -0.15) is 0 Å². The molecule has 0 unspecified atom stereocenters. The number of benzene rings is 1. The normalized spacial score (nSPS) is 10.9. The second-order valence-corrected chi connectivity index (χ2v) is 5.10. The van der Waals surface area contributed by atoms with E-state index in [4.69, 9.17) is 15.2 Å². The number of hydrogen-bond acceptors (Lipinski definition) is 3. The molecule has 3 nitrogen and oxygen atoms in total. The van der Waals surface area contributed by atoms with Crippen LogP contribution in [0.2, 0.25) is 0 Å². The average Bonchev–Trinajstić information content (AvgIpc) is 2.30. The van der Waals surface area contributed by atoms with Crippen LogP contribution in [0.25, 0.3) is 0 Å². The van der Waals surface area contributed by atoms with Crippen molar-refractivity contribution in [2.75, 3.05) is 19.8 Å². The Bertz CT molecular complexity index is 342. The standard InChI is InChI=1S/C13H20BrNO2/c1-10(2)9-16-6-7-17-13-11(8-15)4-3-5-12(13)14/h3-5,10H,6-9,15H2,1-2H3. The lowest BCUT2D eigenvalue weighted by atomic mass is 10.2. The van der Waals surface area contributed by atoms with Crippen LogP contribution >= 0.6 is 15.9 Å². The van der Waals surface area contributed by atoms with Crippen LogP contribution in [-0.2, 0) is 11.3 Å². The van der Waals surface area contributed by atoms with E-state index in [0.29, 0.717) is 25.7 Å². The second kappa shape index (κ2) is 7.69. The van der Waals surface area contributed by atoms with Crippen molar-refractivity contribution in [3.63, 3.8) is 0 Å². The number of nitrogens with two attached hydrogens (primary N) is 1. The fourth-order valence-corrected chi connectivity index (χ4v) is 1.92. The first-order valence-corrected chi connectivity index (χ1v) is 6.62. The van der Waals surface area contributed by atoms with E-state index in [9.17, 15) is 0 Å². The first kappa shape index (κ1) is 14.5. The average molecular weight is 302 g/mol. The fraction of sp³-hybridized carbons (Fsp3) is 0.538. The topological polar surface area (TPSA) is 44.5 Å². The monoisotopic (exact) mass is 301 g/mol. The van der Waals surface area contributed by atoms with Gasteiger partial charge in [-0.05, 0) is 27.9 Å². The number of halogens is 1. The molecule has 0 atom stereocenters. The van der Waals surface area contributed by atoms with Crippen molar-refractivity contribution >= 4 is 15.9 Å². The van der Waals surface area contributed by atoms with E-state index in [1.165, 1.54) is 0 Å². The summed E-state index contributed by atoms with van der Waals surface area (Å²) < 4.78 is 12.1. The molecule has 4 heteroatoms. The highest BCUT2D eigenvalue weighted by atomic mass is 79.9. The summed E-state index contributed by atoms with van der Waals surface area (Å²) in [4.78, 5) is 0. The van der Waals surface area contributed by atoms with Gasteiger partial charge < -0.3 is 15.2 Å². The number of hydrogen-bond donors (Lipinski definition) is 1. The molecule has 1 aromatic carbocycles. The molecule has 0 fully saturated rings. The minimum atomic E-state index is 0.474. The van der Waals surface area contributed by atoms with Crippen molar-refractivity contribution in [1.82, 2.24) is 0 Å². The van der Waals surface area contributed by atoms with E-state index >= 15 is 0 Å². The summed E-state index contributed by atoms with van der Waals surface area (Å²) in [5, 5.41) is 0. The summed E-state index contributed by atoms with van der Waals surface area (Å²) >= 11 is 3.46. The summed E-state index contributed by atoms with van der Waals surface area (Å²) in [6, 6.07) is 5.87. The van der Waals surface area contributed by atoms with Gasteiger partial charge in [0.15, 0.2) is 0 Å². The predicted octanol–water partition coefficient (Wildman–Crippen LogP) is 2.96. The summed E-state index contributed by atoms with van der Waals surface area (Å²) in [7, 11) is 0. The van der Waals surface area contributed by atoms with Crippen LogP contribution in [0.4, 0.5) is 0 Å². The lowest BCUT2D eigenvalue weighted by Crippen LogP contribution is -2.11. The molecule has 2 N–H and O–H groups in total. The molecule has 1 rings (SSSR count). The molecule has 0 aliphatic heterocycles. The SMILES string of the molecule is CC(C)COCCOc1c(Br)cccc1CN. The summed E-state index contributed by atoms with van der Waals surface area (Å²) in [6.45, 7) is 6.64. The first-order chi connectivity index (χ1) is 8.15. The van der Waals surface area contributed by atoms with Crippen LogP contribution in [0, 0.1) is 5.92 Å². The Morgan fingerprint density at radius 3 is 2.71 bits per heavy atom. The molecule has 0 radical (unpaired) electrons. The van der Waals surface area contributed by atoms with Crippen molar-refractivity contribution in [3.05, 3.63) is 28.2 Å². The van der Waals surface area contributed by atoms with E-state index in [1.54, 1.807) is 0 Å². The molecule has 0 saturated carbocycles. The Morgan fingerprint density at radius 2 is 2.06 bits per heavy atom. The molecule has 0 aromatic heterocycles. The zero-order valence-corrected chi connectivity index (χ0v) is 12.0. The van der Waals surface area contributed by atoms with Crippen molar-refractivity contribution in [2.24, 2.45) is 11.7 Å². The van der Waals surface area contributed by atoms with Crippen LogP contribution in [0.3, 0.4) is 0 Å². The Morgan fingerprint density at radius 1 is 1.29 bits per heavy atom. The van der Waals surface area contributed by atoms with Crippen molar-refractivity contribution in [2.45, 2.75) is 20.4 Å². The van der Waals surface area contributed by atoms with Crippen LogP contribution in [0.15, 0.2) is 22.7 Å². The fourth-order valence-electron chi connectivity index (χ4n) is 1.40. The maximum atomic E-state index is 5.69. The van der Waals surface area contributed by atoms with Gasteiger partial charge in [0.2, 0.25) is 0 Å². The Hall–Kier alpha value is -0.580. The Balaban J connectivity index is 2.40. The number of para-hydroxylation sites is 1. The number of ether oxygens (including phenoxy) is 2. The minimum Gasteiger partial charge on any atom is -0.490 e. The third-order valence-corrected chi connectivity index (χ3v) is 2.82. The van der Waals surface area contributed by atoms with Crippen molar-refractivity contribution < 1.29 is 9.47 Å². The Labute approximate surface area is 111 Å². The molecule has 0 spiro atoms. The van der Waals surface area contributed by atoms with E-state index in [0.717, 1.165) is 22.4 Å². The summed E-state index contributed by atoms with van der Waals surface area (Å²) in [6.07, 6.45) is 0. The third kappa shape index (κ3) is 5.06. The summed E-state index contributed by atoms with van der Waals surface area (Å²) in [5.41, 5.74) is 6.66. The smallest absolute Gasteiger partial charge is 0.138 e. The molecule has 96 valence electrons. The largest absolute Gasteiger partial charge is 0.490 e. The summed E-state index contributed by atoms with van der Waals surface area (Å²) in [5.74, 6) is 1.38. The minimum absolute atomic E-state index is 0.474. The number of rotatable bonds is 7. The Kier molecular flexibility index (Phi) is 6.55.